The maximum absolute atomic E-state index is 12.6. The lowest BCUT2D eigenvalue weighted by molar-refractivity contribution is 0.00693. The van der Waals surface area contributed by atoms with E-state index >= 15 is 0 Å². The summed E-state index contributed by atoms with van der Waals surface area (Å²) in [6, 6.07) is 17.9. The summed E-state index contributed by atoms with van der Waals surface area (Å²) in [5.74, 6) is 1.30. The van der Waals surface area contributed by atoms with E-state index in [1.54, 1.807) is 12.1 Å². The molecule has 2 bridgehead atoms. The summed E-state index contributed by atoms with van der Waals surface area (Å²) in [7, 11) is -1.28. The van der Waals surface area contributed by atoms with Crippen LogP contribution in [0.2, 0.25) is 0 Å². The summed E-state index contributed by atoms with van der Waals surface area (Å²) in [6.45, 7) is 5.63. The topological polar surface area (TPSA) is 52.7 Å². The highest BCUT2D eigenvalue weighted by Gasteiger charge is 2.40. The van der Waals surface area contributed by atoms with E-state index in [0.29, 0.717) is 29.3 Å². The first-order chi connectivity index (χ1) is 13.9. The molecule has 3 aliphatic rings. The van der Waals surface area contributed by atoms with Crippen molar-refractivity contribution in [1.82, 2.24) is 9.62 Å². The van der Waals surface area contributed by atoms with E-state index in [4.69, 9.17) is 0 Å². The number of aryl methyl sites for hydroxylation is 1. The Morgan fingerprint density at radius 2 is 1.83 bits per heavy atom. The number of piperidine rings is 3. The van der Waals surface area contributed by atoms with E-state index < -0.39 is 10.0 Å². The van der Waals surface area contributed by atoms with Crippen LogP contribution in [0, 0.1) is 18.8 Å². The summed E-state index contributed by atoms with van der Waals surface area (Å²) < 4.78 is 28.1. The fraction of sp³-hybridized carbons (Fsp3) is 0.478. The van der Waals surface area contributed by atoms with Gasteiger partial charge in [-0.2, -0.15) is 0 Å². The van der Waals surface area contributed by atoms with Crippen molar-refractivity contribution in [2.24, 2.45) is 11.8 Å². The summed E-state index contributed by atoms with van der Waals surface area (Å²) in [5.41, 5.74) is 2.32. The van der Waals surface area contributed by atoms with Crippen molar-refractivity contribution in [3.8, 4) is 0 Å². The van der Waals surface area contributed by atoms with Crippen LogP contribution in [0.3, 0.4) is 0 Å². The van der Waals surface area contributed by atoms with Crippen LogP contribution in [0.5, 0.6) is 0 Å². The minimum absolute atomic E-state index is 0.298. The Labute approximate surface area is 174 Å². The van der Waals surface area contributed by atoms with Gasteiger partial charge in [-0.3, -0.25) is 4.90 Å². The molecular weight excluding hydrogens is 382 g/mol. The highest BCUT2D eigenvalue weighted by Crippen LogP contribution is 2.37. The molecule has 5 nitrogen and oxygen atoms in total. The van der Waals surface area contributed by atoms with Crippen LogP contribution in [-0.2, 0) is 10.0 Å². The number of para-hydroxylation sites is 1. The Hall–Kier alpha value is -1.89. The molecule has 2 aromatic carbocycles. The second-order valence-corrected chi connectivity index (χ2v) is 10.3. The molecule has 0 saturated carbocycles. The van der Waals surface area contributed by atoms with Crippen molar-refractivity contribution in [1.29, 1.82) is 0 Å². The molecule has 3 saturated heterocycles. The third-order valence-electron chi connectivity index (χ3n) is 6.56. The van der Waals surface area contributed by atoms with E-state index in [1.807, 2.05) is 25.1 Å². The zero-order chi connectivity index (χ0) is 20.4. The fourth-order valence-corrected chi connectivity index (χ4v) is 5.89. The van der Waals surface area contributed by atoms with E-state index in [1.165, 1.54) is 12.1 Å². The molecule has 0 aliphatic carbocycles. The normalized spacial score (nSPS) is 26.4. The molecule has 3 aliphatic heterocycles. The fourth-order valence-electron chi connectivity index (χ4n) is 4.81. The third kappa shape index (κ3) is 4.65. The van der Waals surface area contributed by atoms with Gasteiger partial charge in [-0.1, -0.05) is 35.9 Å². The quantitative estimate of drug-likeness (QED) is 0.758. The summed E-state index contributed by atoms with van der Waals surface area (Å²) in [6.07, 6.45) is 2.29. The van der Waals surface area contributed by atoms with Gasteiger partial charge in [-0.25, -0.2) is 13.1 Å². The van der Waals surface area contributed by atoms with E-state index in [2.05, 4.69) is 45.8 Å². The number of sulfonamides is 1. The lowest BCUT2D eigenvalue weighted by Crippen LogP contribution is -2.58. The third-order valence-corrected chi connectivity index (χ3v) is 8.00. The van der Waals surface area contributed by atoms with Crippen LogP contribution >= 0.6 is 0 Å². The highest BCUT2D eigenvalue weighted by molar-refractivity contribution is 7.89. The first kappa shape index (κ1) is 20.4. The molecule has 1 N–H and O–H groups in total. The Kier molecular flexibility index (Phi) is 5.95. The van der Waals surface area contributed by atoms with Crippen molar-refractivity contribution >= 4 is 15.7 Å². The van der Waals surface area contributed by atoms with Crippen LogP contribution in [0.15, 0.2) is 59.5 Å². The molecule has 0 radical (unpaired) electrons. The maximum Gasteiger partial charge on any atom is 0.240 e. The predicted molar refractivity (Wildman–Crippen MR) is 118 cm³/mol. The van der Waals surface area contributed by atoms with E-state index in [-0.39, 0.29) is 0 Å². The lowest BCUT2D eigenvalue weighted by Gasteiger charge is -2.50. The first-order valence-electron chi connectivity index (χ1n) is 10.5. The Morgan fingerprint density at radius 1 is 1.10 bits per heavy atom. The van der Waals surface area contributed by atoms with Crippen molar-refractivity contribution in [2.45, 2.75) is 30.7 Å². The van der Waals surface area contributed by atoms with E-state index in [9.17, 15) is 8.42 Å². The predicted octanol–water partition coefficient (Wildman–Crippen LogP) is 3.12. The number of benzene rings is 2. The van der Waals surface area contributed by atoms with Crippen LogP contribution in [0.1, 0.15) is 18.4 Å². The number of anilines is 1. The standard InChI is InChI=1S/C23H31N3O2S/c1-18-8-10-23(11-9-18)29(27,28)24-15-22-14-19-12-13-26(22)17-20(19)16-25(2)21-6-4-3-5-7-21/h3-11,19-20,22,24H,12-17H2,1-2H3. The van der Waals surface area contributed by atoms with Crippen molar-refractivity contribution in [3.63, 3.8) is 0 Å². The Balaban J connectivity index is 1.34. The molecule has 0 spiro atoms. The van der Waals surface area contributed by atoms with Crippen LogP contribution < -0.4 is 9.62 Å². The molecule has 156 valence electrons. The van der Waals surface area contributed by atoms with Gasteiger partial charge in [0.15, 0.2) is 0 Å². The Morgan fingerprint density at radius 3 is 2.48 bits per heavy atom. The zero-order valence-corrected chi connectivity index (χ0v) is 18.1. The molecule has 0 aromatic heterocycles. The zero-order valence-electron chi connectivity index (χ0n) is 17.3. The number of rotatable bonds is 7. The van der Waals surface area contributed by atoms with Gasteiger partial charge in [0.2, 0.25) is 10.0 Å². The molecule has 3 heterocycles. The van der Waals surface area contributed by atoms with Gasteiger partial charge in [-0.15, -0.1) is 0 Å². The van der Waals surface area contributed by atoms with Gasteiger partial charge in [0, 0.05) is 38.4 Å². The van der Waals surface area contributed by atoms with Crippen molar-refractivity contribution in [2.75, 3.05) is 38.1 Å². The van der Waals surface area contributed by atoms with Gasteiger partial charge in [0.1, 0.15) is 0 Å². The van der Waals surface area contributed by atoms with Crippen LogP contribution in [0.25, 0.3) is 0 Å². The van der Waals surface area contributed by atoms with Crippen molar-refractivity contribution in [3.05, 3.63) is 60.2 Å². The molecular formula is C23H31N3O2S. The molecule has 3 fully saturated rings. The second-order valence-electron chi connectivity index (χ2n) is 8.57. The SMILES string of the molecule is Cc1ccc(S(=O)(=O)NCC2CC3CCN2CC3CN(C)c2ccccc2)cc1. The van der Waals surface area contributed by atoms with Gasteiger partial charge in [-0.05, 0) is 62.4 Å². The minimum Gasteiger partial charge on any atom is -0.374 e. The number of hydrogen-bond acceptors (Lipinski definition) is 4. The van der Waals surface area contributed by atoms with Gasteiger partial charge in [0.25, 0.3) is 0 Å². The summed E-state index contributed by atoms with van der Waals surface area (Å²) in [5, 5.41) is 0. The first-order valence-corrected chi connectivity index (χ1v) is 12.0. The largest absolute Gasteiger partial charge is 0.374 e. The number of nitrogens with one attached hydrogen (secondary N) is 1. The minimum atomic E-state index is -3.45. The maximum atomic E-state index is 12.6. The smallest absolute Gasteiger partial charge is 0.240 e. The van der Waals surface area contributed by atoms with Crippen molar-refractivity contribution < 1.29 is 8.42 Å². The highest BCUT2D eigenvalue weighted by atomic mass is 32.2. The average Bonchev–Trinajstić information content (AvgIpc) is 2.74. The summed E-state index contributed by atoms with van der Waals surface area (Å²) >= 11 is 0. The average molecular weight is 414 g/mol. The molecule has 4 unspecified atom stereocenters. The van der Waals surface area contributed by atoms with E-state index in [0.717, 1.165) is 31.6 Å². The van der Waals surface area contributed by atoms with Crippen LogP contribution in [0.4, 0.5) is 5.69 Å². The molecule has 29 heavy (non-hydrogen) atoms. The van der Waals surface area contributed by atoms with Gasteiger partial charge in [0.05, 0.1) is 4.90 Å². The number of nitrogens with zero attached hydrogens (tertiary/aromatic N) is 2. The number of fused-ring (bicyclic) bond motifs is 3. The molecule has 5 rings (SSSR count). The van der Waals surface area contributed by atoms with Gasteiger partial charge >= 0.3 is 0 Å². The van der Waals surface area contributed by atoms with Crippen LogP contribution in [-0.4, -0.2) is 52.6 Å². The lowest BCUT2D eigenvalue weighted by atomic mass is 9.75. The monoisotopic (exact) mass is 413 g/mol. The summed E-state index contributed by atoms with van der Waals surface area (Å²) in [4.78, 5) is 5.18. The second kappa shape index (κ2) is 8.46. The Bertz CT molecular complexity index is 915. The molecule has 0 amide bonds. The molecule has 4 atom stereocenters. The number of hydrogen-bond donors (Lipinski definition) is 1. The van der Waals surface area contributed by atoms with Gasteiger partial charge < -0.3 is 4.90 Å². The molecule has 6 heteroatoms. The molecule has 2 aromatic rings.